The molecule has 0 radical (unpaired) electrons. The molecule has 308 valence electrons. The van der Waals surface area contributed by atoms with Crippen LogP contribution in [0.2, 0.25) is 0 Å². The largest absolute Gasteiger partial charge is 0.0792 e. The lowest BCUT2D eigenvalue weighted by Gasteiger charge is -2.20. The van der Waals surface area contributed by atoms with Crippen molar-refractivity contribution in [2.75, 3.05) is 0 Å². The van der Waals surface area contributed by atoms with Crippen LogP contribution in [0.4, 0.5) is 0 Å². The van der Waals surface area contributed by atoms with Gasteiger partial charge in [0.25, 0.3) is 0 Å². The first-order valence-corrected chi connectivity index (χ1v) is 21.7. The second-order valence-electron chi connectivity index (χ2n) is 18.3. The Balaban J connectivity index is 0.000000230. The van der Waals surface area contributed by atoms with E-state index in [4.69, 9.17) is 0 Å². The Labute approximate surface area is 364 Å². The van der Waals surface area contributed by atoms with Gasteiger partial charge in [0, 0.05) is 0 Å². The van der Waals surface area contributed by atoms with Gasteiger partial charge in [0.1, 0.15) is 0 Å². The molecule has 0 atom stereocenters. The molecular weight excluding hydrogens is 721 g/mol. The molecule has 6 aromatic rings. The minimum absolute atomic E-state index is 0.165. The van der Waals surface area contributed by atoms with Crippen molar-refractivity contribution in [1.82, 2.24) is 0 Å². The van der Waals surface area contributed by atoms with Crippen molar-refractivity contribution in [3.05, 3.63) is 236 Å². The van der Waals surface area contributed by atoms with Gasteiger partial charge in [-0.15, -0.1) is 0 Å². The number of rotatable bonds is 8. The lowest BCUT2D eigenvalue weighted by Crippen LogP contribution is -2.10. The van der Waals surface area contributed by atoms with Gasteiger partial charge in [-0.3, -0.25) is 0 Å². The highest BCUT2D eigenvalue weighted by atomic mass is 14.2. The van der Waals surface area contributed by atoms with Crippen LogP contribution in [0.25, 0.3) is 22.3 Å². The summed E-state index contributed by atoms with van der Waals surface area (Å²) in [4.78, 5) is 0. The molecule has 0 saturated heterocycles. The third-order valence-electron chi connectivity index (χ3n) is 11.6. The molecule has 0 fully saturated rings. The maximum Gasteiger partial charge on any atom is -0.0132 e. The van der Waals surface area contributed by atoms with Crippen LogP contribution in [0, 0.1) is 27.7 Å². The molecule has 0 aliphatic heterocycles. The van der Waals surface area contributed by atoms with E-state index in [1.807, 2.05) is 0 Å². The molecular formula is C60H68. The zero-order valence-electron chi connectivity index (χ0n) is 39.0. The molecule has 0 spiro atoms. The number of hydrogen-bond acceptors (Lipinski definition) is 0. The third kappa shape index (κ3) is 10.9. The molecule has 60 heavy (non-hydrogen) atoms. The Hall–Kier alpha value is -5.72. The monoisotopic (exact) mass is 789 g/mol. The molecule has 0 saturated carbocycles. The molecule has 6 rings (SSSR count). The molecule has 0 unspecified atom stereocenters. The highest BCUT2D eigenvalue weighted by molar-refractivity contribution is 5.87. The SMILES string of the molecule is C/C=C(/c1ccc(C(C)(C)C)cc1)c1cccc(/C(=C/C)c2ccc(C(C)(C)C)cc2)c1.C/C=C(/c1cccc(/C(=C\C)c2ccc(C)cc2C)c1)c1ccc(C)cc1C. The van der Waals surface area contributed by atoms with Gasteiger partial charge in [0.15, 0.2) is 0 Å². The third-order valence-corrected chi connectivity index (χ3v) is 11.6. The van der Waals surface area contributed by atoms with Crippen molar-refractivity contribution in [1.29, 1.82) is 0 Å². The van der Waals surface area contributed by atoms with E-state index in [2.05, 4.69) is 255 Å². The van der Waals surface area contributed by atoms with E-state index in [0.717, 1.165) is 0 Å². The van der Waals surface area contributed by atoms with Crippen LogP contribution in [0.1, 0.15) is 147 Å². The Morgan fingerprint density at radius 2 is 0.633 bits per heavy atom. The van der Waals surface area contributed by atoms with Crippen molar-refractivity contribution in [3.63, 3.8) is 0 Å². The molecule has 0 nitrogen and oxygen atoms in total. The van der Waals surface area contributed by atoms with Crippen LogP contribution < -0.4 is 0 Å². The molecule has 0 aromatic heterocycles. The van der Waals surface area contributed by atoms with Crippen LogP contribution in [-0.4, -0.2) is 0 Å². The topological polar surface area (TPSA) is 0 Å². The van der Waals surface area contributed by atoms with E-state index in [9.17, 15) is 0 Å². The predicted octanol–water partition coefficient (Wildman–Crippen LogP) is 17.0. The summed E-state index contributed by atoms with van der Waals surface area (Å²) in [6.45, 7) is 30.7. The van der Waals surface area contributed by atoms with Gasteiger partial charge in [-0.2, -0.15) is 0 Å². The number of benzene rings is 6. The highest BCUT2D eigenvalue weighted by Gasteiger charge is 2.17. The van der Waals surface area contributed by atoms with Gasteiger partial charge in [-0.05, 0) is 167 Å². The fourth-order valence-corrected chi connectivity index (χ4v) is 8.20. The van der Waals surface area contributed by atoms with E-state index in [1.165, 1.54) is 100 Å². The summed E-state index contributed by atoms with van der Waals surface area (Å²) >= 11 is 0. The second-order valence-corrected chi connectivity index (χ2v) is 18.3. The zero-order valence-corrected chi connectivity index (χ0v) is 39.0. The number of aryl methyl sites for hydroxylation is 4. The van der Waals surface area contributed by atoms with Gasteiger partial charge in [0.2, 0.25) is 0 Å². The van der Waals surface area contributed by atoms with E-state index < -0.39 is 0 Å². The summed E-state index contributed by atoms with van der Waals surface area (Å²) in [5.74, 6) is 0. The average Bonchev–Trinajstić information content (AvgIpc) is 3.21. The van der Waals surface area contributed by atoms with Gasteiger partial charge in [0.05, 0.1) is 0 Å². The van der Waals surface area contributed by atoms with Crippen molar-refractivity contribution in [2.24, 2.45) is 0 Å². The smallest absolute Gasteiger partial charge is 0.0132 e. The molecule has 0 N–H and O–H groups in total. The summed E-state index contributed by atoms with van der Waals surface area (Å²) in [6, 6.07) is 49.3. The summed E-state index contributed by atoms with van der Waals surface area (Å²) in [5.41, 5.74) is 23.6. The molecule has 0 bridgehead atoms. The molecule has 0 heteroatoms. The minimum Gasteiger partial charge on any atom is -0.0792 e. The molecule has 0 aliphatic carbocycles. The van der Waals surface area contributed by atoms with Gasteiger partial charge in [-0.25, -0.2) is 0 Å². The van der Waals surface area contributed by atoms with Gasteiger partial charge >= 0.3 is 0 Å². The lowest BCUT2D eigenvalue weighted by atomic mass is 9.85. The Morgan fingerprint density at radius 1 is 0.333 bits per heavy atom. The molecule has 0 amide bonds. The lowest BCUT2D eigenvalue weighted by molar-refractivity contribution is 0.590. The number of hydrogen-bond donors (Lipinski definition) is 0. The van der Waals surface area contributed by atoms with Crippen molar-refractivity contribution < 1.29 is 0 Å². The average molecular weight is 789 g/mol. The van der Waals surface area contributed by atoms with Crippen LogP contribution in [0.3, 0.4) is 0 Å². The normalized spacial score (nSPS) is 12.9. The standard InChI is InChI=1S/C32H38.C28H30/c1-9-29(23-14-18-27(19-15-23)31(3,4)5)25-12-11-13-26(22-25)30(10-2)24-16-20-28(21-17-24)32(6,7)8;1-7-25(27-14-12-19(3)16-21(27)5)23-10-9-11-24(18-23)26(8-2)28-15-13-20(4)17-22(28)6/h9-22H,1-8H3;7-18H,1-6H3/b29-9-,30-10+;25-7-,26-8+. The Bertz CT molecular complexity index is 2360. The summed E-state index contributed by atoms with van der Waals surface area (Å²) in [5, 5.41) is 0. The van der Waals surface area contributed by atoms with Crippen molar-refractivity contribution in [3.8, 4) is 0 Å². The van der Waals surface area contributed by atoms with E-state index in [-0.39, 0.29) is 10.8 Å². The van der Waals surface area contributed by atoms with Gasteiger partial charge in [-0.1, -0.05) is 198 Å². The van der Waals surface area contributed by atoms with Crippen LogP contribution in [0.5, 0.6) is 0 Å². The highest BCUT2D eigenvalue weighted by Crippen LogP contribution is 2.34. The van der Waals surface area contributed by atoms with E-state index in [1.54, 1.807) is 0 Å². The second kappa shape index (κ2) is 19.6. The first kappa shape index (κ1) is 45.4. The van der Waals surface area contributed by atoms with Crippen molar-refractivity contribution in [2.45, 2.75) is 108 Å². The summed E-state index contributed by atoms with van der Waals surface area (Å²) < 4.78 is 0. The minimum atomic E-state index is 0.165. The van der Waals surface area contributed by atoms with Crippen LogP contribution >= 0.6 is 0 Å². The molecule has 0 heterocycles. The zero-order chi connectivity index (χ0) is 43.8. The quantitative estimate of drug-likeness (QED) is 0.144. The molecule has 6 aromatic carbocycles. The predicted molar refractivity (Wildman–Crippen MR) is 266 cm³/mol. The van der Waals surface area contributed by atoms with Crippen LogP contribution in [-0.2, 0) is 10.8 Å². The molecule has 0 aliphatic rings. The Morgan fingerprint density at radius 3 is 0.900 bits per heavy atom. The van der Waals surface area contributed by atoms with Gasteiger partial charge < -0.3 is 0 Å². The van der Waals surface area contributed by atoms with E-state index in [0.29, 0.717) is 0 Å². The Kier molecular flexibility index (Phi) is 14.8. The summed E-state index contributed by atoms with van der Waals surface area (Å²) in [7, 11) is 0. The van der Waals surface area contributed by atoms with Crippen LogP contribution in [0.15, 0.2) is 158 Å². The fraction of sp³-hybridized carbons (Fsp3) is 0.267. The maximum absolute atomic E-state index is 2.32. The van der Waals surface area contributed by atoms with Crippen molar-refractivity contribution >= 4 is 22.3 Å². The fourth-order valence-electron chi connectivity index (χ4n) is 8.20. The first-order valence-electron chi connectivity index (χ1n) is 21.7. The summed E-state index contributed by atoms with van der Waals surface area (Å²) in [6.07, 6.45) is 8.89. The first-order chi connectivity index (χ1) is 28.5. The maximum atomic E-state index is 2.32. The van der Waals surface area contributed by atoms with E-state index >= 15 is 0 Å². The number of allylic oxidation sites excluding steroid dienone is 4.